The van der Waals surface area contributed by atoms with Gasteiger partial charge in [-0.15, -0.1) is 13.2 Å². The molecule has 1 aliphatic carbocycles. The van der Waals surface area contributed by atoms with E-state index < -0.39 is 22.9 Å². The van der Waals surface area contributed by atoms with E-state index in [1.54, 1.807) is 24.3 Å². The van der Waals surface area contributed by atoms with Gasteiger partial charge in [-0.2, -0.15) is 18.3 Å². The second kappa shape index (κ2) is 13.1. The summed E-state index contributed by atoms with van der Waals surface area (Å²) in [6, 6.07) is 9.34. The number of carbonyl (C=O) groups is 2. The maximum absolute atomic E-state index is 13.3. The van der Waals surface area contributed by atoms with Crippen molar-refractivity contribution >= 4 is 51.5 Å². The molecule has 38 heavy (non-hydrogen) atoms. The predicted molar refractivity (Wildman–Crippen MR) is 147 cm³/mol. The molecular weight excluding hydrogens is 537 g/mol. The smallest absolute Gasteiger partial charge is 0.328 e. The molecule has 11 heteroatoms. The summed E-state index contributed by atoms with van der Waals surface area (Å²) in [5.41, 5.74) is 6.19. The molecule has 1 aromatic heterocycles. The number of amides is 2. The summed E-state index contributed by atoms with van der Waals surface area (Å²) in [6.45, 7) is 5.92. The number of hydrogen-bond donors (Lipinski definition) is 2. The zero-order valence-electron chi connectivity index (χ0n) is 20.6. The summed E-state index contributed by atoms with van der Waals surface area (Å²) in [7, 11) is 0. The normalized spacial score (nSPS) is 17.0. The molecule has 5 rings (SSSR count). The fourth-order valence-electron chi connectivity index (χ4n) is 4.14. The highest BCUT2D eigenvalue weighted by molar-refractivity contribution is 8.18. The molecule has 3 N–H and O–H groups in total. The highest BCUT2D eigenvalue weighted by Gasteiger charge is 2.33. The van der Waals surface area contributed by atoms with Crippen LogP contribution in [-0.2, 0) is 17.5 Å². The Morgan fingerprint density at radius 1 is 1.13 bits per heavy atom. The van der Waals surface area contributed by atoms with Gasteiger partial charge in [0.15, 0.2) is 0 Å². The minimum Gasteiger partial charge on any atom is -0.328 e. The third-order valence-corrected chi connectivity index (χ3v) is 7.00. The molecule has 0 spiro atoms. The number of nitrogens with one attached hydrogen (secondary N) is 1. The number of aromatic nitrogens is 2. The Balaban J connectivity index is 0.000000381. The monoisotopic (exact) mass is 564 g/mol. The lowest BCUT2D eigenvalue weighted by molar-refractivity contribution is -0.138. The van der Waals surface area contributed by atoms with Crippen LogP contribution in [0.3, 0.4) is 0 Å². The van der Waals surface area contributed by atoms with Crippen molar-refractivity contribution in [3.63, 3.8) is 0 Å². The van der Waals surface area contributed by atoms with Crippen LogP contribution < -0.4 is 11.1 Å². The van der Waals surface area contributed by atoms with E-state index in [0.29, 0.717) is 22.5 Å². The average molecular weight is 565 g/mol. The maximum atomic E-state index is 13.3. The standard InChI is InChI=1S/C19H11ClF3N3O2S.C6H13N.C2H4/c20-13-3-2-11(14(7-13)19(21,22)23)9-26-15-4-1-10(5-12(15)8-24-26)6-16-17(27)25-18(28)29-16;7-6-4-2-1-3-5-6;1-2/h1-8H,9H2,(H,25,27,28);6H,1-5,7H2;1-2H2/b16-6-;;. The number of fused-ring (bicyclic) bond motifs is 1. The molecule has 2 amide bonds. The molecule has 6 nitrogen and oxygen atoms in total. The lowest BCUT2D eigenvalue weighted by atomic mass is 9.97. The SMILES string of the molecule is C=C.NC1CCCCC1.O=C1NC(=O)/C(=C/c2ccc3c(cnn3Cc3ccc(Cl)cc3C(F)(F)F)c2)S1. The highest BCUT2D eigenvalue weighted by Crippen LogP contribution is 2.34. The van der Waals surface area contributed by atoms with Gasteiger partial charge in [-0.1, -0.05) is 43.0 Å². The summed E-state index contributed by atoms with van der Waals surface area (Å²) in [5, 5.41) is 6.64. The van der Waals surface area contributed by atoms with Crippen LogP contribution in [0.5, 0.6) is 0 Å². The van der Waals surface area contributed by atoms with Crippen molar-refractivity contribution in [3.05, 3.63) is 82.4 Å². The maximum Gasteiger partial charge on any atom is 0.416 e. The minimum atomic E-state index is -4.53. The van der Waals surface area contributed by atoms with Gasteiger partial charge in [-0.25, -0.2) is 0 Å². The molecule has 1 aliphatic heterocycles. The van der Waals surface area contributed by atoms with Crippen molar-refractivity contribution in [2.24, 2.45) is 5.73 Å². The fraction of sp³-hybridized carbons (Fsp3) is 0.296. The molecule has 0 bridgehead atoms. The summed E-state index contributed by atoms with van der Waals surface area (Å²) >= 11 is 6.54. The van der Waals surface area contributed by atoms with Gasteiger partial charge in [0.25, 0.3) is 11.1 Å². The molecule has 2 heterocycles. The van der Waals surface area contributed by atoms with Crippen molar-refractivity contribution in [2.45, 2.75) is 50.9 Å². The Kier molecular flexibility index (Phi) is 10.2. The van der Waals surface area contributed by atoms with Crippen molar-refractivity contribution in [1.29, 1.82) is 0 Å². The topological polar surface area (TPSA) is 90.0 Å². The Morgan fingerprint density at radius 2 is 1.84 bits per heavy atom. The first kappa shape index (κ1) is 29.5. The molecule has 0 atom stereocenters. The van der Waals surface area contributed by atoms with Crippen molar-refractivity contribution < 1.29 is 22.8 Å². The summed E-state index contributed by atoms with van der Waals surface area (Å²) in [5.74, 6) is -0.460. The van der Waals surface area contributed by atoms with Gasteiger partial charge in [0, 0.05) is 16.5 Å². The predicted octanol–water partition coefficient (Wildman–Crippen LogP) is 7.16. The van der Waals surface area contributed by atoms with Gasteiger partial charge in [0.2, 0.25) is 0 Å². The third kappa shape index (κ3) is 7.72. The van der Waals surface area contributed by atoms with Crippen LogP contribution >= 0.6 is 23.4 Å². The van der Waals surface area contributed by atoms with Gasteiger partial charge in [0.1, 0.15) is 0 Å². The Hall–Kier alpha value is -3.08. The number of nitrogens with two attached hydrogens (primary N) is 1. The Labute approximate surface area is 228 Å². The first-order valence-corrected chi connectivity index (χ1v) is 13.1. The van der Waals surface area contributed by atoms with E-state index in [1.165, 1.54) is 55.1 Å². The van der Waals surface area contributed by atoms with Crippen LogP contribution in [0.15, 0.2) is 60.7 Å². The zero-order chi connectivity index (χ0) is 27.9. The number of alkyl halides is 3. The largest absolute Gasteiger partial charge is 0.416 e. The van der Waals surface area contributed by atoms with Gasteiger partial charge in [-0.3, -0.25) is 19.6 Å². The lowest BCUT2D eigenvalue weighted by Gasteiger charge is -2.15. The zero-order valence-corrected chi connectivity index (χ0v) is 22.1. The van der Waals surface area contributed by atoms with Gasteiger partial charge >= 0.3 is 6.18 Å². The number of hydrogen-bond acceptors (Lipinski definition) is 5. The molecule has 2 aliphatic rings. The van der Waals surface area contributed by atoms with E-state index in [0.717, 1.165) is 17.8 Å². The van der Waals surface area contributed by atoms with Crippen molar-refractivity contribution in [3.8, 4) is 0 Å². The van der Waals surface area contributed by atoms with Crippen molar-refractivity contribution in [2.75, 3.05) is 0 Å². The van der Waals surface area contributed by atoms with Crippen LogP contribution in [-0.4, -0.2) is 27.0 Å². The van der Waals surface area contributed by atoms with Gasteiger partial charge < -0.3 is 5.73 Å². The van der Waals surface area contributed by atoms with Gasteiger partial charge in [-0.05, 0) is 66.1 Å². The summed E-state index contributed by atoms with van der Waals surface area (Å²) < 4.78 is 41.4. The summed E-state index contributed by atoms with van der Waals surface area (Å²) in [4.78, 5) is 23.2. The third-order valence-electron chi connectivity index (χ3n) is 5.95. The second-order valence-electron chi connectivity index (χ2n) is 8.67. The summed E-state index contributed by atoms with van der Waals surface area (Å²) in [6.07, 6.45) is 5.24. The number of thioether (sulfide) groups is 1. The van der Waals surface area contributed by atoms with E-state index in [9.17, 15) is 22.8 Å². The Morgan fingerprint density at radius 3 is 2.42 bits per heavy atom. The lowest BCUT2D eigenvalue weighted by Crippen LogP contribution is -2.22. The van der Waals surface area contributed by atoms with Crippen LogP contribution in [0.4, 0.5) is 18.0 Å². The van der Waals surface area contributed by atoms with E-state index in [-0.39, 0.29) is 22.0 Å². The van der Waals surface area contributed by atoms with Crippen LogP contribution in [0.25, 0.3) is 17.0 Å². The van der Waals surface area contributed by atoms with E-state index >= 15 is 0 Å². The molecule has 1 saturated heterocycles. The van der Waals surface area contributed by atoms with Crippen molar-refractivity contribution in [1.82, 2.24) is 15.1 Å². The molecule has 0 unspecified atom stereocenters. The minimum absolute atomic E-state index is 0.0105. The average Bonchev–Trinajstić information content (AvgIpc) is 3.42. The number of carbonyl (C=O) groups excluding carboxylic acids is 2. The fourth-order valence-corrected chi connectivity index (χ4v) is 4.99. The first-order chi connectivity index (χ1) is 18.1. The number of benzene rings is 2. The van der Waals surface area contributed by atoms with Crippen LogP contribution in [0.1, 0.15) is 48.8 Å². The molecule has 1 saturated carbocycles. The van der Waals surface area contributed by atoms with E-state index in [2.05, 4.69) is 23.6 Å². The van der Waals surface area contributed by atoms with Crippen LogP contribution in [0, 0.1) is 0 Å². The van der Waals surface area contributed by atoms with E-state index in [4.69, 9.17) is 17.3 Å². The quantitative estimate of drug-likeness (QED) is 0.260. The molecule has 3 aromatic rings. The highest BCUT2D eigenvalue weighted by atomic mass is 35.5. The van der Waals surface area contributed by atoms with Crippen LogP contribution in [0.2, 0.25) is 5.02 Å². The number of imide groups is 1. The van der Waals surface area contributed by atoms with E-state index in [1.807, 2.05) is 0 Å². The number of halogens is 4. The molecular formula is C27H28ClF3N4O2S. The molecule has 2 aromatic carbocycles. The second-order valence-corrected chi connectivity index (χ2v) is 10.1. The first-order valence-electron chi connectivity index (χ1n) is 11.9. The molecule has 0 radical (unpaired) electrons. The Bertz CT molecular complexity index is 1330. The number of nitrogens with zero attached hydrogens (tertiary/aromatic N) is 2. The van der Waals surface area contributed by atoms with Gasteiger partial charge in [0.05, 0.1) is 28.7 Å². The molecule has 2 fully saturated rings. The molecule has 202 valence electrons. The number of rotatable bonds is 3.